The fourth-order valence-corrected chi connectivity index (χ4v) is 4.16. The molecule has 0 aliphatic carbocycles. The van der Waals surface area contributed by atoms with E-state index in [1.165, 1.54) is 11.1 Å². The molecule has 2 heterocycles. The van der Waals surface area contributed by atoms with Gasteiger partial charge >= 0.3 is 0 Å². The van der Waals surface area contributed by atoms with Gasteiger partial charge in [0.05, 0.1) is 26.4 Å². The average molecular weight is 560 g/mol. The van der Waals surface area contributed by atoms with Gasteiger partial charge in [-0.15, -0.1) is 24.0 Å². The maximum atomic E-state index is 5.73. The fourth-order valence-electron chi connectivity index (χ4n) is 4.16. The first kappa shape index (κ1) is 27.3. The van der Waals surface area contributed by atoms with Gasteiger partial charge in [-0.05, 0) is 31.5 Å². The van der Waals surface area contributed by atoms with E-state index < -0.39 is 0 Å². The number of piperazine rings is 1. The van der Waals surface area contributed by atoms with Crippen LogP contribution in [0.4, 0.5) is 0 Å². The summed E-state index contributed by atoms with van der Waals surface area (Å²) in [6, 6.07) is 8.99. The standard InChI is InChI=1S/C24H41N5O2.HI/c1-4-25-24(29-10-9-23(19-29)20-31-16-15-30-3)26-17-21-5-7-22(8-6-21)18-28-13-11-27(2)12-14-28;/h5-8,23H,4,9-20H2,1-3H3,(H,25,26);1H. The highest BCUT2D eigenvalue weighted by Crippen LogP contribution is 2.17. The van der Waals surface area contributed by atoms with Gasteiger partial charge in [-0.1, -0.05) is 24.3 Å². The summed E-state index contributed by atoms with van der Waals surface area (Å²) in [6.07, 6.45) is 1.15. The van der Waals surface area contributed by atoms with Crippen molar-refractivity contribution in [3.63, 3.8) is 0 Å². The lowest BCUT2D eigenvalue weighted by atomic mass is 10.1. The van der Waals surface area contributed by atoms with Crippen LogP contribution in [0.2, 0.25) is 0 Å². The second-order valence-electron chi connectivity index (χ2n) is 8.73. The molecular weight excluding hydrogens is 517 g/mol. The Morgan fingerprint density at radius 3 is 2.47 bits per heavy atom. The smallest absolute Gasteiger partial charge is 0.194 e. The fraction of sp³-hybridized carbons (Fsp3) is 0.708. The first-order valence-corrected chi connectivity index (χ1v) is 11.8. The van der Waals surface area contributed by atoms with Crippen LogP contribution in [-0.2, 0) is 22.6 Å². The minimum Gasteiger partial charge on any atom is -0.382 e. The topological polar surface area (TPSA) is 52.6 Å². The van der Waals surface area contributed by atoms with Crippen LogP contribution in [0.25, 0.3) is 0 Å². The Balaban J connectivity index is 0.00000363. The quantitative estimate of drug-likeness (QED) is 0.206. The van der Waals surface area contributed by atoms with Crippen LogP contribution in [0.1, 0.15) is 24.5 Å². The summed E-state index contributed by atoms with van der Waals surface area (Å²) in [5, 5.41) is 3.47. The summed E-state index contributed by atoms with van der Waals surface area (Å²) in [6.45, 7) is 13.6. The second kappa shape index (κ2) is 15.1. The Morgan fingerprint density at radius 2 is 1.78 bits per heavy atom. The molecule has 1 N–H and O–H groups in total. The molecule has 0 bridgehead atoms. The first-order chi connectivity index (χ1) is 15.2. The van der Waals surface area contributed by atoms with Crippen molar-refractivity contribution in [2.75, 3.05) is 79.8 Å². The summed E-state index contributed by atoms with van der Waals surface area (Å²) in [5.74, 6) is 1.58. The van der Waals surface area contributed by atoms with E-state index >= 15 is 0 Å². The molecule has 1 atom stereocenters. The lowest BCUT2D eigenvalue weighted by Crippen LogP contribution is -2.43. The molecule has 32 heavy (non-hydrogen) atoms. The molecule has 1 aromatic rings. The van der Waals surface area contributed by atoms with E-state index in [2.05, 4.69) is 58.3 Å². The molecule has 2 aliphatic rings. The molecule has 0 spiro atoms. The number of guanidine groups is 1. The number of ether oxygens (including phenoxy) is 2. The van der Waals surface area contributed by atoms with Gasteiger partial charge in [0.1, 0.15) is 0 Å². The van der Waals surface area contributed by atoms with Gasteiger partial charge in [0.2, 0.25) is 0 Å². The molecule has 2 fully saturated rings. The van der Waals surface area contributed by atoms with E-state index in [4.69, 9.17) is 14.5 Å². The van der Waals surface area contributed by atoms with Crippen LogP contribution >= 0.6 is 24.0 Å². The third kappa shape index (κ3) is 9.13. The summed E-state index contributed by atoms with van der Waals surface area (Å²) in [4.78, 5) is 12.2. The van der Waals surface area contributed by atoms with Gasteiger partial charge in [0.25, 0.3) is 0 Å². The number of halogens is 1. The third-order valence-corrected chi connectivity index (χ3v) is 6.14. The summed E-state index contributed by atoms with van der Waals surface area (Å²) in [7, 11) is 3.91. The van der Waals surface area contributed by atoms with Gasteiger partial charge in [-0.2, -0.15) is 0 Å². The van der Waals surface area contributed by atoms with Crippen molar-refractivity contribution in [2.24, 2.45) is 10.9 Å². The highest BCUT2D eigenvalue weighted by atomic mass is 127. The van der Waals surface area contributed by atoms with Gasteiger partial charge in [-0.25, -0.2) is 4.99 Å². The predicted molar refractivity (Wildman–Crippen MR) is 142 cm³/mol. The van der Waals surface area contributed by atoms with Gasteiger partial charge in [0, 0.05) is 65.4 Å². The number of hydrogen-bond acceptors (Lipinski definition) is 5. The maximum absolute atomic E-state index is 5.73. The van der Waals surface area contributed by atoms with Crippen molar-refractivity contribution in [3.05, 3.63) is 35.4 Å². The normalized spacial score (nSPS) is 20.4. The molecule has 2 aliphatic heterocycles. The Kier molecular flexibility index (Phi) is 12.8. The molecule has 0 saturated carbocycles. The number of benzene rings is 1. The monoisotopic (exact) mass is 559 g/mol. The van der Waals surface area contributed by atoms with Crippen LogP contribution in [0.15, 0.2) is 29.3 Å². The van der Waals surface area contributed by atoms with E-state index in [0.29, 0.717) is 25.7 Å². The number of nitrogens with one attached hydrogen (secondary N) is 1. The van der Waals surface area contributed by atoms with Crippen LogP contribution < -0.4 is 5.32 Å². The first-order valence-electron chi connectivity index (χ1n) is 11.8. The highest BCUT2D eigenvalue weighted by Gasteiger charge is 2.25. The molecule has 1 unspecified atom stereocenters. The van der Waals surface area contributed by atoms with E-state index in [9.17, 15) is 0 Å². The number of aliphatic imine (C=N–C) groups is 1. The molecule has 8 heteroatoms. The van der Waals surface area contributed by atoms with Crippen LogP contribution in [0, 0.1) is 5.92 Å². The lowest BCUT2D eigenvalue weighted by Gasteiger charge is -2.32. The predicted octanol–water partition coefficient (Wildman–Crippen LogP) is 2.50. The maximum Gasteiger partial charge on any atom is 0.194 e. The zero-order chi connectivity index (χ0) is 21.9. The Bertz CT molecular complexity index is 665. The number of methoxy groups -OCH3 is 1. The Labute approximate surface area is 211 Å². The van der Waals surface area contributed by atoms with Crippen molar-refractivity contribution in [1.82, 2.24) is 20.0 Å². The van der Waals surface area contributed by atoms with Crippen molar-refractivity contribution in [2.45, 2.75) is 26.4 Å². The number of nitrogens with zero attached hydrogens (tertiary/aromatic N) is 4. The Hall–Kier alpha value is -0.940. The number of hydrogen-bond donors (Lipinski definition) is 1. The van der Waals surface area contributed by atoms with Crippen LogP contribution in [0.3, 0.4) is 0 Å². The van der Waals surface area contributed by atoms with Crippen molar-refractivity contribution < 1.29 is 9.47 Å². The van der Waals surface area contributed by atoms with E-state index in [1.807, 2.05) is 0 Å². The molecule has 7 nitrogen and oxygen atoms in total. The molecule has 3 rings (SSSR count). The molecule has 0 radical (unpaired) electrons. The minimum absolute atomic E-state index is 0. The Morgan fingerprint density at radius 1 is 1.06 bits per heavy atom. The number of likely N-dealkylation sites (tertiary alicyclic amines) is 1. The second-order valence-corrected chi connectivity index (χ2v) is 8.73. The average Bonchev–Trinajstić information content (AvgIpc) is 3.25. The van der Waals surface area contributed by atoms with Gasteiger partial charge in [-0.3, -0.25) is 4.90 Å². The van der Waals surface area contributed by atoms with Crippen molar-refractivity contribution in [1.29, 1.82) is 0 Å². The molecule has 0 amide bonds. The van der Waals surface area contributed by atoms with Gasteiger partial charge in [0.15, 0.2) is 5.96 Å². The molecule has 2 saturated heterocycles. The van der Waals surface area contributed by atoms with Crippen molar-refractivity contribution in [3.8, 4) is 0 Å². The van der Waals surface area contributed by atoms with Crippen molar-refractivity contribution >= 4 is 29.9 Å². The van der Waals surface area contributed by atoms with Crippen LogP contribution in [-0.4, -0.2) is 100 Å². The number of rotatable bonds is 10. The molecule has 0 aromatic heterocycles. The molecule has 1 aromatic carbocycles. The van der Waals surface area contributed by atoms with E-state index in [1.54, 1.807) is 7.11 Å². The number of likely N-dealkylation sites (N-methyl/N-ethyl adjacent to an activating group) is 1. The van der Waals surface area contributed by atoms with Gasteiger partial charge < -0.3 is 24.6 Å². The van der Waals surface area contributed by atoms with E-state index in [-0.39, 0.29) is 24.0 Å². The summed E-state index contributed by atoms with van der Waals surface area (Å²) >= 11 is 0. The molecular formula is C24H42IN5O2. The van der Waals surface area contributed by atoms with E-state index in [0.717, 1.165) is 71.3 Å². The summed E-state index contributed by atoms with van der Waals surface area (Å²) in [5.41, 5.74) is 2.65. The molecule has 182 valence electrons. The van der Waals surface area contributed by atoms with Crippen LogP contribution in [0.5, 0.6) is 0 Å². The zero-order valence-electron chi connectivity index (χ0n) is 20.1. The zero-order valence-corrected chi connectivity index (χ0v) is 22.4. The largest absolute Gasteiger partial charge is 0.382 e. The summed E-state index contributed by atoms with van der Waals surface area (Å²) < 4.78 is 10.8. The lowest BCUT2D eigenvalue weighted by molar-refractivity contribution is 0.0536. The third-order valence-electron chi connectivity index (χ3n) is 6.14. The highest BCUT2D eigenvalue weighted by molar-refractivity contribution is 14.0. The minimum atomic E-state index is 0. The SMILES string of the molecule is CCNC(=NCc1ccc(CN2CCN(C)CC2)cc1)N1CCC(COCCOC)C1.I.